The van der Waals surface area contributed by atoms with E-state index in [0.717, 1.165) is 0 Å². The molecule has 0 saturated heterocycles. The molecule has 0 rings (SSSR count). The predicted molar refractivity (Wildman–Crippen MR) is 2.06 cm³/mol. The molecule has 0 saturated carbocycles. The first kappa shape index (κ1) is 103. The van der Waals surface area contributed by atoms with E-state index in [1.807, 2.05) is 0 Å². The molecule has 0 heterocycles. The third-order valence-electron chi connectivity index (χ3n) is 0. The third kappa shape index (κ3) is 75.9. The summed E-state index contributed by atoms with van der Waals surface area (Å²) < 4.78 is 0. The molecule has 0 aromatic rings. The summed E-state index contributed by atoms with van der Waals surface area (Å²) in [5.74, 6) is 0. The van der Waals surface area contributed by atoms with Crippen LogP contribution in [0.1, 0.15) is 0 Å². The van der Waals surface area contributed by atoms with Gasteiger partial charge in [-0.25, -0.2) is 0 Å². The fourth-order valence-electron chi connectivity index (χ4n) is 0. The molecule has 0 atom stereocenters. The fourth-order valence-corrected chi connectivity index (χ4v) is 0. The van der Waals surface area contributed by atoms with Crippen LogP contribution >= 0.6 is 0 Å². The van der Waals surface area contributed by atoms with Crippen LogP contribution in [0.25, 0.3) is 0 Å². The standard InChI is InChI=1S/2Ce.2Cu.2Gd.2Ni.3O/q;;;;2*+3;;;3*-2. The molecule has 0 fully saturated rings. The minimum Gasteiger partial charge on any atom is -2.00 e. The van der Waals surface area contributed by atoms with Gasteiger partial charge in [0, 0.05) is 151 Å². The molecule has 0 aromatic heterocycles. The molecular weight excluding hydrogens is 887 g/mol. The zero-order valence-corrected chi connectivity index (χ0v) is 18.8. The topological polar surface area (TPSA) is 85.5 Å². The average molecular weight is 887 g/mol. The Hall–Kier alpha value is 7.31. The quantitative estimate of drug-likeness (QED) is 0.298. The Morgan fingerprint density at radius 2 is 0.455 bits per heavy atom. The summed E-state index contributed by atoms with van der Waals surface area (Å²) in [6, 6.07) is 0. The molecule has 0 amide bonds. The molecule has 0 bridgehead atoms. The van der Waals surface area contributed by atoms with Gasteiger partial charge in [0.2, 0.25) is 0 Å². The largest absolute Gasteiger partial charge is 3.00 e. The first-order chi connectivity index (χ1) is 0. The minimum absolute atomic E-state index is 0. The molecule has 0 spiro atoms. The van der Waals surface area contributed by atoms with E-state index >= 15 is 0 Å². The van der Waals surface area contributed by atoms with Gasteiger partial charge in [0.05, 0.1) is 0 Å². The van der Waals surface area contributed by atoms with Crippen molar-refractivity contribution < 1.29 is 247 Å². The monoisotopic (exact) mass is 885 g/mol. The molecule has 0 aromatic carbocycles. The second kappa shape index (κ2) is 86.2. The summed E-state index contributed by atoms with van der Waals surface area (Å²) in [4.78, 5) is 0. The van der Waals surface area contributed by atoms with E-state index in [4.69, 9.17) is 0 Å². The van der Waals surface area contributed by atoms with E-state index in [0.29, 0.717) is 0 Å². The second-order valence-electron chi connectivity index (χ2n) is 0. The van der Waals surface area contributed by atoms with Crippen LogP contribution in [0.15, 0.2) is 0 Å². The average Bonchev–Trinajstić information content (AvgIpc) is 0. The van der Waals surface area contributed by atoms with Gasteiger partial charge in [0.25, 0.3) is 0 Å². The Morgan fingerprint density at radius 3 is 0.455 bits per heavy atom. The Kier molecular flexibility index (Phi) is 805. The molecule has 3 nitrogen and oxygen atoms in total. The van der Waals surface area contributed by atoms with Gasteiger partial charge in [-0.3, -0.25) is 0 Å². The molecular formula is Ce2Cu2Gd2Ni2O3. The summed E-state index contributed by atoms with van der Waals surface area (Å²) in [7, 11) is 0. The van der Waals surface area contributed by atoms with Gasteiger partial charge >= 0.3 is 79.9 Å². The van der Waals surface area contributed by atoms with Gasteiger partial charge in [0.1, 0.15) is 0 Å². The van der Waals surface area contributed by atoms with Crippen LogP contribution < -0.4 is 0 Å². The van der Waals surface area contributed by atoms with Gasteiger partial charge in [-0.05, 0) is 0 Å². The first-order valence-corrected chi connectivity index (χ1v) is 0. The third-order valence-corrected chi connectivity index (χ3v) is 0. The summed E-state index contributed by atoms with van der Waals surface area (Å²) >= 11 is 0. The van der Waals surface area contributed by atoms with Crippen molar-refractivity contribution in [3.8, 4) is 0 Å². The van der Waals surface area contributed by atoms with Gasteiger partial charge in [-0.2, -0.15) is 0 Å². The van der Waals surface area contributed by atoms with Crippen LogP contribution in [0.2, 0.25) is 0 Å². The molecule has 4 radical (unpaired) electrons. The van der Waals surface area contributed by atoms with E-state index in [-0.39, 0.29) is 247 Å². The van der Waals surface area contributed by atoms with Gasteiger partial charge in [-0.1, -0.05) is 0 Å². The SMILES string of the molecule is [Ce].[Ce].[Cu].[Cu].[Gd+3].[Gd+3].[Ni].[Ni].[O-2].[O-2].[O-2]. The van der Waals surface area contributed by atoms with E-state index in [9.17, 15) is 0 Å². The van der Waals surface area contributed by atoms with Crippen LogP contribution in [0.5, 0.6) is 0 Å². The van der Waals surface area contributed by atoms with E-state index in [2.05, 4.69) is 0 Å². The van der Waals surface area contributed by atoms with Crippen molar-refractivity contribution in [3.63, 3.8) is 0 Å². The van der Waals surface area contributed by atoms with Gasteiger partial charge in [0.15, 0.2) is 0 Å². The maximum atomic E-state index is 0. The maximum absolute atomic E-state index is 0. The van der Waals surface area contributed by atoms with Crippen molar-refractivity contribution in [2.45, 2.75) is 0 Å². The van der Waals surface area contributed by atoms with Crippen LogP contribution in [0.3, 0.4) is 0 Å². The second-order valence-corrected chi connectivity index (χ2v) is 0. The molecule has 0 aliphatic rings. The number of hydrogen-bond donors (Lipinski definition) is 0. The molecule has 84 valence electrons. The van der Waals surface area contributed by atoms with Crippen molar-refractivity contribution in [2.75, 3.05) is 0 Å². The van der Waals surface area contributed by atoms with E-state index in [1.165, 1.54) is 0 Å². The van der Waals surface area contributed by atoms with Crippen molar-refractivity contribution in [2.24, 2.45) is 0 Å². The summed E-state index contributed by atoms with van der Waals surface area (Å²) in [5.41, 5.74) is 0. The van der Waals surface area contributed by atoms with E-state index in [1.54, 1.807) is 0 Å². The van der Waals surface area contributed by atoms with Crippen LogP contribution in [-0.4, -0.2) is 0 Å². The maximum Gasteiger partial charge on any atom is 3.00 e. The zero-order chi connectivity index (χ0) is 0. The first-order valence-electron chi connectivity index (χ1n) is 0. The Bertz CT molecular complexity index is 25.3. The van der Waals surface area contributed by atoms with Crippen LogP contribution in [0, 0.1) is 163 Å². The molecule has 0 N–H and O–H groups in total. The fraction of sp³-hybridized carbons (Fsp3) is 0. The summed E-state index contributed by atoms with van der Waals surface area (Å²) in [6.07, 6.45) is 0. The predicted octanol–water partition coefficient (Wildman–Crippen LogP) is -0.366. The Labute approximate surface area is 239 Å². The van der Waals surface area contributed by atoms with Gasteiger partial charge < -0.3 is 16.4 Å². The molecule has 0 aliphatic carbocycles. The van der Waals surface area contributed by atoms with Crippen LogP contribution in [0.4, 0.5) is 0 Å². The minimum atomic E-state index is 0. The molecule has 11 heteroatoms. The Morgan fingerprint density at radius 1 is 0.455 bits per heavy atom. The number of hydrogen-bond acceptors (Lipinski definition) is 0. The van der Waals surface area contributed by atoms with Crippen molar-refractivity contribution >= 4 is 0 Å². The summed E-state index contributed by atoms with van der Waals surface area (Å²) in [5, 5.41) is 0. The zero-order valence-electron chi connectivity index (χ0n) is 4.17. The van der Waals surface area contributed by atoms with Crippen molar-refractivity contribution in [1.82, 2.24) is 0 Å². The van der Waals surface area contributed by atoms with E-state index < -0.39 is 0 Å². The molecule has 11 heavy (non-hydrogen) atoms. The molecule has 0 unspecified atom stereocenters. The normalized spacial score (nSPS) is 0. The van der Waals surface area contributed by atoms with Crippen molar-refractivity contribution in [1.29, 1.82) is 0 Å². The Balaban J connectivity index is 0. The number of rotatable bonds is 0. The van der Waals surface area contributed by atoms with Crippen LogP contribution in [-0.2, 0) is 83.5 Å². The molecule has 0 aliphatic heterocycles. The van der Waals surface area contributed by atoms with Gasteiger partial charge in [-0.15, -0.1) is 0 Å². The smallest absolute Gasteiger partial charge is 2.00 e. The summed E-state index contributed by atoms with van der Waals surface area (Å²) in [6.45, 7) is 0. The van der Waals surface area contributed by atoms with Crippen molar-refractivity contribution in [3.05, 3.63) is 0 Å².